The quantitative estimate of drug-likeness (QED) is 0.913. The number of nitrogens with zero attached hydrogens (tertiary/aromatic N) is 3. The summed E-state index contributed by atoms with van der Waals surface area (Å²) < 4.78 is 0. The van der Waals surface area contributed by atoms with Crippen molar-refractivity contribution in [3.8, 4) is 0 Å². The zero-order valence-corrected chi connectivity index (χ0v) is 13.3. The monoisotopic (exact) mass is 288 g/mol. The molecule has 0 amide bonds. The van der Waals surface area contributed by atoms with Crippen LogP contribution >= 0.6 is 0 Å². The van der Waals surface area contributed by atoms with Crippen molar-refractivity contribution < 1.29 is 0 Å². The van der Waals surface area contributed by atoms with Crippen LogP contribution in [0.25, 0.3) is 0 Å². The van der Waals surface area contributed by atoms with Crippen LogP contribution in [0.15, 0.2) is 12.3 Å². The Balaban J connectivity index is 1.61. The van der Waals surface area contributed by atoms with E-state index in [1.54, 1.807) is 0 Å². The maximum absolute atomic E-state index is 4.67. The first-order valence-corrected chi connectivity index (χ1v) is 8.63. The predicted octanol–water partition coefficient (Wildman–Crippen LogP) is 3.85. The first kappa shape index (κ1) is 14.6. The summed E-state index contributed by atoms with van der Waals surface area (Å²) in [6.45, 7) is 5.41. The first-order valence-electron chi connectivity index (χ1n) is 8.63. The van der Waals surface area contributed by atoms with Crippen LogP contribution < -0.4 is 10.2 Å². The molecule has 1 aromatic heterocycles. The van der Waals surface area contributed by atoms with Crippen molar-refractivity contribution in [2.24, 2.45) is 5.41 Å². The maximum Gasteiger partial charge on any atom is 0.224 e. The Morgan fingerprint density at radius 2 is 1.90 bits per heavy atom. The summed E-state index contributed by atoms with van der Waals surface area (Å²) in [5.74, 6) is 1.86. The normalized spacial score (nSPS) is 21.5. The van der Waals surface area contributed by atoms with Gasteiger partial charge in [-0.2, -0.15) is 4.98 Å². The van der Waals surface area contributed by atoms with Gasteiger partial charge in [0.1, 0.15) is 5.82 Å². The van der Waals surface area contributed by atoms with Gasteiger partial charge in [-0.15, -0.1) is 0 Å². The van der Waals surface area contributed by atoms with E-state index in [0.717, 1.165) is 37.8 Å². The molecule has 4 heteroatoms. The lowest BCUT2D eigenvalue weighted by Crippen LogP contribution is -2.41. The Kier molecular flexibility index (Phi) is 4.61. The van der Waals surface area contributed by atoms with E-state index >= 15 is 0 Å². The average Bonchev–Trinajstić information content (AvgIpc) is 2.55. The van der Waals surface area contributed by atoms with Crippen molar-refractivity contribution in [1.29, 1.82) is 0 Å². The van der Waals surface area contributed by atoms with Crippen LogP contribution in [0.2, 0.25) is 0 Å². The molecule has 2 aliphatic rings. The third kappa shape index (κ3) is 3.47. The van der Waals surface area contributed by atoms with Crippen LogP contribution in [-0.2, 0) is 0 Å². The van der Waals surface area contributed by atoms with Crippen molar-refractivity contribution in [3.63, 3.8) is 0 Å². The summed E-state index contributed by atoms with van der Waals surface area (Å²) in [5, 5.41) is 3.28. The maximum atomic E-state index is 4.67. The van der Waals surface area contributed by atoms with Crippen LogP contribution in [-0.4, -0.2) is 29.6 Å². The molecule has 21 heavy (non-hydrogen) atoms. The highest BCUT2D eigenvalue weighted by atomic mass is 15.2. The molecule has 1 saturated carbocycles. The second-order valence-corrected chi connectivity index (χ2v) is 6.71. The molecule has 0 radical (unpaired) electrons. The van der Waals surface area contributed by atoms with Crippen LogP contribution in [0.5, 0.6) is 0 Å². The first-order chi connectivity index (χ1) is 10.3. The zero-order chi connectivity index (χ0) is 14.5. The third-order valence-electron chi connectivity index (χ3n) is 5.24. The van der Waals surface area contributed by atoms with E-state index in [1.807, 2.05) is 6.20 Å². The van der Waals surface area contributed by atoms with E-state index in [0.29, 0.717) is 5.41 Å². The van der Waals surface area contributed by atoms with Gasteiger partial charge in [0.25, 0.3) is 0 Å². The topological polar surface area (TPSA) is 41.1 Å². The van der Waals surface area contributed by atoms with Crippen LogP contribution in [0, 0.1) is 5.41 Å². The number of nitrogens with one attached hydrogen (secondary N) is 1. The molecule has 3 rings (SSSR count). The molecule has 0 atom stereocenters. The SMILES string of the molecule is CCCNc1nccc(N2CCC3(CCCCC3)CC2)n1. The van der Waals surface area contributed by atoms with Gasteiger partial charge in [-0.25, -0.2) is 4.98 Å². The second-order valence-electron chi connectivity index (χ2n) is 6.71. The molecule has 1 aliphatic carbocycles. The molecule has 2 fully saturated rings. The molecule has 1 N–H and O–H groups in total. The molecule has 1 spiro atoms. The van der Waals surface area contributed by atoms with Crippen molar-refractivity contribution in [2.45, 2.75) is 58.3 Å². The lowest BCUT2D eigenvalue weighted by atomic mass is 9.68. The average molecular weight is 288 g/mol. The molecule has 0 bridgehead atoms. The van der Waals surface area contributed by atoms with Gasteiger partial charge in [-0.05, 0) is 43.6 Å². The van der Waals surface area contributed by atoms with E-state index in [4.69, 9.17) is 0 Å². The van der Waals surface area contributed by atoms with Gasteiger partial charge < -0.3 is 10.2 Å². The number of aromatic nitrogens is 2. The van der Waals surface area contributed by atoms with Crippen LogP contribution in [0.1, 0.15) is 58.3 Å². The van der Waals surface area contributed by atoms with Gasteiger partial charge in [0.15, 0.2) is 0 Å². The lowest BCUT2D eigenvalue weighted by molar-refractivity contribution is 0.144. The van der Waals surface area contributed by atoms with E-state index in [2.05, 4.69) is 33.2 Å². The highest BCUT2D eigenvalue weighted by Crippen LogP contribution is 2.44. The molecule has 1 aromatic rings. The summed E-state index contributed by atoms with van der Waals surface area (Å²) in [6, 6.07) is 2.05. The van der Waals surface area contributed by atoms with Crippen LogP contribution in [0.4, 0.5) is 11.8 Å². The summed E-state index contributed by atoms with van der Waals surface area (Å²) in [7, 11) is 0. The Hall–Kier alpha value is -1.32. The van der Waals surface area contributed by atoms with E-state index in [-0.39, 0.29) is 0 Å². The molecule has 1 saturated heterocycles. The van der Waals surface area contributed by atoms with Gasteiger partial charge in [0.05, 0.1) is 0 Å². The fourth-order valence-electron chi connectivity index (χ4n) is 3.86. The van der Waals surface area contributed by atoms with Crippen LogP contribution in [0.3, 0.4) is 0 Å². The highest BCUT2D eigenvalue weighted by Gasteiger charge is 2.35. The van der Waals surface area contributed by atoms with Gasteiger partial charge in [-0.3, -0.25) is 0 Å². The van der Waals surface area contributed by atoms with E-state index in [1.165, 1.54) is 44.9 Å². The number of hydrogen-bond donors (Lipinski definition) is 1. The van der Waals surface area contributed by atoms with Gasteiger partial charge in [0.2, 0.25) is 5.95 Å². The number of piperidine rings is 1. The number of rotatable bonds is 4. The van der Waals surface area contributed by atoms with Gasteiger partial charge >= 0.3 is 0 Å². The standard InChI is InChI=1S/C17H28N4/c1-2-11-18-16-19-12-6-15(20-16)21-13-9-17(10-14-21)7-4-3-5-8-17/h6,12H,2-5,7-11,13-14H2,1H3,(H,18,19,20). The third-order valence-corrected chi connectivity index (χ3v) is 5.24. The minimum atomic E-state index is 0.658. The number of hydrogen-bond acceptors (Lipinski definition) is 4. The largest absolute Gasteiger partial charge is 0.356 e. The molecule has 4 nitrogen and oxygen atoms in total. The van der Waals surface area contributed by atoms with Crippen molar-refractivity contribution in [1.82, 2.24) is 9.97 Å². The fraction of sp³-hybridized carbons (Fsp3) is 0.765. The minimum absolute atomic E-state index is 0.658. The van der Waals surface area contributed by atoms with Crippen molar-refractivity contribution in [3.05, 3.63) is 12.3 Å². The molecular formula is C17H28N4. The Bertz CT molecular complexity index is 444. The molecule has 2 heterocycles. The fourth-order valence-corrected chi connectivity index (χ4v) is 3.86. The lowest BCUT2D eigenvalue weighted by Gasteiger charge is -2.44. The summed E-state index contributed by atoms with van der Waals surface area (Å²) in [6.07, 6.45) is 12.9. The van der Waals surface area contributed by atoms with E-state index < -0.39 is 0 Å². The zero-order valence-electron chi connectivity index (χ0n) is 13.3. The predicted molar refractivity (Wildman–Crippen MR) is 87.8 cm³/mol. The van der Waals surface area contributed by atoms with Gasteiger partial charge in [0, 0.05) is 25.8 Å². The Morgan fingerprint density at radius 1 is 1.14 bits per heavy atom. The highest BCUT2D eigenvalue weighted by molar-refractivity contribution is 5.43. The number of anilines is 2. The summed E-state index contributed by atoms with van der Waals surface area (Å²) >= 11 is 0. The molecule has 0 unspecified atom stereocenters. The van der Waals surface area contributed by atoms with Crippen molar-refractivity contribution >= 4 is 11.8 Å². The molecular weight excluding hydrogens is 260 g/mol. The van der Waals surface area contributed by atoms with Gasteiger partial charge in [-0.1, -0.05) is 26.2 Å². The smallest absolute Gasteiger partial charge is 0.224 e. The Morgan fingerprint density at radius 3 is 2.62 bits per heavy atom. The summed E-state index contributed by atoms with van der Waals surface area (Å²) in [4.78, 5) is 11.4. The van der Waals surface area contributed by atoms with E-state index in [9.17, 15) is 0 Å². The second kappa shape index (κ2) is 6.63. The minimum Gasteiger partial charge on any atom is -0.356 e. The Labute approximate surface area is 128 Å². The van der Waals surface area contributed by atoms with Crippen molar-refractivity contribution in [2.75, 3.05) is 29.9 Å². The summed E-state index contributed by atoms with van der Waals surface area (Å²) in [5.41, 5.74) is 0.658. The molecule has 116 valence electrons. The molecule has 0 aromatic carbocycles. The molecule has 1 aliphatic heterocycles.